The molecule has 0 radical (unpaired) electrons. The summed E-state index contributed by atoms with van der Waals surface area (Å²) < 4.78 is 10.1. The van der Waals surface area contributed by atoms with E-state index in [0.717, 1.165) is 0 Å². The fourth-order valence-corrected chi connectivity index (χ4v) is 1.94. The SMILES string of the molecule is COc1c(Br)cc([N+](=O)[O-])c(OC)c1C(N)=O. The monoisotopic (exact) mass is 304 g/mol. The minimum atomic E-state index is -0.872. The number of nitrogens with zero attached hydrogens (tertiary/aromatic N) is 1. The van der Waals surface area contributed by atoms with Crippen LogP contribution in [0.1, 0.15) is 10.4 Å². The van der Waals surface area contributed by atoms with Gasteiger partial charge in [-0.2, -0.15) is 0 Å². The highest BCUT2D eigenvalue weighted by atomic mass is 79.9. The minimum absolute atomic E-state index is 0.0972. The molecule has 0 spiro atoms. The smallest absolute Gasteiger partial charge is 0.313 e. The van der Waals surface area contributed by atoms with Gasteiger partial charge in [-0.1, -0.05) is 0 Å². The number of carbonyl (C=O) groups is 1. The van der Waals surface area contributed by atoms with Gasteiger partial charge >= 0.3 is 5.69 Å². The van der Waals surface area contributed by atoms with E-state index in [0.29, 0.717) is 0 Å². The number of hydrogen-bond donors (Lipinski definition) is 1. The van der Waals surface area contributed by atoms with Gasteiger partial charge in [0.05, 0.1) is 23.6 Å². The first-order chi connectivity index (χ1) is 7.93. The third-order valence-corrected chi connectivity index (χ3v) is 2.61. The van der Waals surface area contributed by atoms with Crippen molar-refractivity contribution in [2.24, 2.45) is 5.73 Å². The molecule has 0 aliphatic heterocycles. The lowest BCUT2D eigenvalue weighted by Gasteiger charge is -2.12. The van der Waals surface area contributed by atoms with Crippen molar-refractivity contribution in [3.8, 4) is 11.5 Å². The molecule has 0 aromatic heterocycles. The second kappa shape index (κ2) is 5.00. The first kappa shape index (κ1) is 13.2. The van der Waals surface area contributed by atoms with Crippen LogP contribution in [0.4, 0.5) is 5.69 Å². The highest BCUT2D eigenvalue weighted by molar-refractivity contribution is 9.10. The lowest BCUT2D eigenvalue weighted by Crippen LogP contribution is -2.15. The molecule has 8 heteroatoms. The van der Waals surface area contributed by atoms with E-state index in [9.17, 15) is 14.9 Å². The summed E-state index contributed by atoms with van der Waals surface area (Å²) in [5, 5.41) is 10.8. The van der Waals surface area contributed by atoms with Crippen molar-refractivity contribution in [2.45, 2.75) is 0 Å². The number of nitro benzene ring substituents is 1. The number of nitrogens with two attached hydrogens (primary N) is 1. The molecule has 0 aliphatic rings. The first-order valence-corrected chi connectivity index (χ1v) is 5.12. The van der Waals surface area contributed by atoms with Gasteiger partial charge in [0.2, 0.25) is 5.75 Å². The maximum Gasteiger partial charge on any atom is 0.313 e. The van der Waals surface area contributed by atoms with Gasteiger partial charge in [-0.3, -0.25) is 14.9 Å². The molecule has 17 heavy (non-hydrogen) atoms. The van der Waals surface area contributed by atoms with Crippen molar-refractivity contribution >= 4 is 27.5 Å². The fourth-order valence-electron chi connectivity index (χ4n) is 1.37. The Bertz CT molecular complexity index is 489. The predicted octanol–water partition coefficient (Wildman–Crippen LogP) is 1.47. The molecular formula is C9H9BrN2O5. The van der Waals surface area contributed by atoms with Crippen LogP contribution in [0.3, 0.4) is 0 Å². The Morgan fingerprint density at radius 2 is 1.94 bits per heavy atom. The fraction of sp³-hybridized carbons (Fsp3) is 0.222. The second-order valence-corrected chi connectivity index (χ2v) is 3.79. The Kier molecular flexibility index (Phi) is 3.89. The molecule has 0 saturated heterocycles. The van der Waals surface area contributed by atoms with E-state index in [1.165, 1.54) is 20.3 Å². The van der Waals surface area contributed by atoms with Gasteiger partial charge in [-0.25, -0.2) is 0 Å². The van der Waals surface area contributed by atoms with Crippen LogP contribution >= 0.6 is 15.9 Å². The Labute approximate surface area is 105 Å². The molecule has 1 aromatic rings. The number of nitro groups is 1. The van der Waals surface area contributed by atoms with Crippen molar-refractivity contribution in [1.29, 1.82) is 0 Å². The van der Waals surface area contributed by atoms with Gasteiger partial charge in [0, 0.05) is 6.07 Å². The molecule has 0 unspecified atom stereocenters. The Hall–Kier alpha value is -1.83. The average Bonchev–Trinajstić information content (AvgIpc) is 2.26. The molecule has 0 aliphatic carbocycles. The number of primary amides is 1. The number of hydrogen-bond acceptors (Lipinski definition) is 5. The standard InChI is InChI=1S/C9H9BrN2O5/c1-16-7-4(10)3-5(12(14)15)8(17-2)6(7)9(11)13/h3H,1-2H3,(H2,11,13). The molecule has 1 aromatic carbocycles. The Morgan fingerprint density at radius 3 is 2.29 bits per heavy atom. The maximum atomic E-state index is 11.3. The van der Waals surface area contributed by atoms with E-state index in [1.807, 2.05) is 0 Å². The lowest BCUT2D eigenvalue weighted by atomic mass is 10.1. The predicted molar refractivity (Wildman–Crippen MR) is 62.4 cm³/mol. The van der Waals surface area contributed by atoms with Gasteiger partial charge in [-0.05, 0) is 15.9 Å². The summed E-state index contributed by atoms with van der Waals surface area (Å²) in [4.78, 5) is 21.5. The van der Waals surface area contributed by atoms with Crippen molar-refractivity contribution < 1.29 is 19.2 Å². The Balaban J connectivity index is 3.71. The molecule has 0 fully saturated rings. The normalized spacial score (nSPS) is 9.82. The summed E-state index contributed by atoms with van der Waals surface area (Å²) in [7, 11) is 2.53. The number of amides is 1. The number of rotatable bonds is 4. The third-order valence-electron chi connectivity index (χ3n) is 2.02. The van der Waals surface area contributed by atoms with E-state index in [-0.39, 0.29) is 27.2 Å². The zero-order valence-electron chi connectivity index (χ0n) is 9.02. The van der Waals surface area contributed by atoms with Crippen molar-refractivity contribution in [3.05, 3.63) is 26.2 Å². The van der Waals surface area contributed by atoms with Crippen LogP contribution in [-0.4, -0.2) is 25.1 Å². The van der Waals surface area contributed by atoms with Crippen LogP contribution in [-0.2, 0) is 0 Å². The summed E-state index contributed by atoms with van der Waals surface area (Å²) in [5.41, 5.74) is 4.63. The molecule has 92 valence electrons. The van der Waals surface area contributed by atoms with Gasteiger partial charge in [0.25, 0.3) is 5.91 Å². The van der Waals surface area contributed by atoms with Crippen LogP contribution in [0, 0.1) is 10.1 Å². The quantitative estimate of drug-likeness (QED) is 0.670. The zero-order chi connectivity index (χ0) is 13.2. The zero-order valence-corrected chi connectivity index (χ0v) is 10.6. The summed E-state index contributed by atoms with van der Waals surface area (Å²) in [6, 6.07) is 1.18. The summed E-state index contributed by atoms with van der Waals surface area (Å²) >= 11 is 3.07. The van der Waals surface area contributed by atoms with E-state index in [4.69, 9.17) is 15.2 Å². The highest BCUT2D eigenvalue weighted by Gasteiger charge is 2.28. The lowest BCUT2D eigenvalue weighted by molar-refractivity contribution is -0.385. The van der Waals surface area contributed by atoms with Gasteiger partial charge in [0.1, 0.15) is 11.3 Å². The van der Waals surface area contributed by atoms with E-state index in [1.54, 1.807) is 0 Å². The molecule has 1 amide bonds. The molecular weight excluding hydrogens is 296 g/mol. The van der Waals surface area contributed by atoms with Gasteiger partial charge < -0.3 is 15.2 Å². The van der Waals surface area contributed by atoms with E-state index >= 15 is 0 Å². The van der Waals surface area contributed by atoms with Gasteiger partial charge in [-0.15, -0.1) is 0 Å². The summed E-state index contributed by atoms with van der Waals surface area (Å²) in [6.45, 7) is 0. The first-order valence-electron chi connectivity index (χ1n) is 4.32. The average molecular weight is 305 g/mol. The number of halogens is 1. The Morgan fingerprint density at radius 1 is 1.41 bits per heavy atom. The van der Waals surface area contributed by atoms with E-state index in [2.05, 4.69) is 15.9 Å². The molecule has 0 atom stereocenters. The molecule has 0 bridgehead atoms. The van der Waals surface area contributed by atoms with Crippen molar-refractivity contribution in [2.75, 3.05) is 14.2 Å². The number of benzene rings is 1. The molecule has 7 nitrogen and oxygen atoms in total. The number of carbonyl (C=O) groups excluding carboxylic acids is 1. The number of methoxy groups -OCH3 is 2. The van der Waals surface area contributed by atoms with Crippen LogP contribution in [0.15, 0.2) is 10.5 Å². The topological polar surface area (TPSA) is 105 Å². The largest absolute Gasteiger partial charge is 0.495 e. The number of ether oxygens (including phenoxy) is 2. The third kappa shape index (κ3) is 2.31. The van der Waals surface area contributed by atoms with Crippen LogP contribution < -0.4 is 15.2 Å². The maximum absolute atomic E-state index is 11.3. The van der Waals surface area contributed by atoms with Crippen LogP contribution in [0.5, 0.6) is 11.5 Å². The minimum Gasteiger partial charge on any atom is -0.495 e. The highest BCUT2D eigenvalue weighted by Crippen LogP contribution is 2.42. The molecule has 0 heterocycles. The van der Waals surface area contributed by atoms with Crippen molar-refractivity contribution in [3.63, 3.8) is 0 Å². The van der Waals surface area contributed by atoms with Crippen molar-refractivity contribution in [1.82, 2.24) is 0 Å². The van der Waals surface area contributed by atoms with Crippen LogP contribution in [0.2, 0.25) is 0 Å². The molecule has 2 N–H and O–H groups in total. The molecule has 1 rings (SSSR count). The summed E-state index contributed by atoms with van der Waals surface area (Å²) in [5.74, 6) is -0.995. The second-order valence-electron chi connectivity index (χ2n) is 2.94. The van der Waals surface area contributed by atoms with Gasteiger partial charge in [0.15, 0.2) is 0 Å². The summed E-state index contributed by atoms with van der Waals surface area (Å²) in [6.07, 6.45) is 0. The molecule has 0 saturated carbocycles. The van der Waals surface area contributed by atoms with Crippen LogP contribution in [0.25, 0.3) is 0 Å². The van der Waals surface area contributed by atoms with E-state index < -0.39 is 10.8 Å².